The highest BCUT2D eigenvalue weighted by Crippen LogP contribution is 2.04. The Labute approximate surface area is 84.3 Å². The first-order valence-corrected chi connectivity index (χ1v) is 4.91. The maximum Gasteiger partial charge on any atom is 0.224 e. The van der Waals surface area contributed by atoms with Crippen molar-refractivity contribution in [1.82, 2.24) is 5.32 Å². The van der Waals surface area contributed by atoms with Gasteiger partial charge in [-0.1, -0.05) is 13.3 Å². The van der Waals surface area contributed by atoms with Gasteiger partial charge >= 0.3 is 0 Å². The highest BCUT2D eigenvalue weighted by Gasteiger charge is 2.18. The number of aliphatic hydroxyl groups excluding tert-OH is 2. The zero-order valence-electron chi connectivity index (χ0n) is 8.57. The van der Waals surface area contributed by atoms with Crippen molar-refractivity contribution in [3.63, 3.8) is 0 Å². The number of hydrogen-bond acceptors (Lipinski definition) is 4. The van der Waals surface area contributed by atoms with Gasteiger partial charge in [-0.05, 0) is 6.42 Å². The molecule has 5 nitrogen and oxygen atoms in total. The largest absolute Gasteiger partial charge is 0.394 e. The van der Waals surface area contributed by atoms with E-state index < -0.39 is 6.04 Å². The molecule has 1 atom stereocenters. The summed E-state index contributed by atoms with van der Waals surface area (Å²) in [5.41, 5.74) is 5.43. The van der Waals surface area contributed by atoms with E-state index in [0.29, 0.717) is 6.54 Å². The smallest absolute Gasteiger partial charge is 0.224 e. The number of carbonyl (C=O) groups is 1. The summed E-state index contributed by atoms with van der Waals surface area (Å²) in [6, 6.07) is -0.576. The Kier molecular flexibility index (Phi) is 7.37. The number of nitrogens with one attached hydrogen (secondary N) is 1. The SMILES string of the molecule is CCCC(CN)C(=O)NC(CO)CO. The van der Waals surface area contributed by atoms with Gasteiger partial charge in [0.2, 0.25) is 5.91 Å². The number of amides is 1. The fourth-order valence-electron chi connectivity index (χ4n) is 1.17. The van der Waals surface area contributed by atoms with Gasteiger partial charge in [0.25, 0.3) is 0 Å². The Bertz CT molecular complexity index is 160. The van der Waals surface area contributed by atoms with E-state index in [1.54, 1.807) is 0 Å². The Morgan fingerprint density at radius 1 is 1.43 bits per heavy atom. The van der Waals surface area contributed by atoms with E-state index >= 15 is 0 Å². The average molecular weight is 204 g/mol. The summed E-state index contributed by atoms with van der Waals surface area (Å²) in [5.74, 6) is -0.414. The molecule has 0 spiro atoms. The second-order valence-electron chi connectivity index (χ2n) is 3.29. The van der Waals surface area contributed by atoms with Crippen LogP contribution in [0, 0.1) is 5.92 Å². The van der Waals surface area contributed by atoms with Gasteiger partial charge in [-0.3, -0.25) is 4.79 Å². The van der Waals surface area contributed by atoms with E-state index in [1.807, 2.05) is 6.92 Å². The van der Waals surface area contributed by atoms with E-state index in [2.05, 4.69) is 5.32 Å². The monoisotopic (exact) mass is 204 g/mol. The summed E-state index contributed by atoms with van der Waals surface area (Å²) in [6.07, 6.45) is 1.62. The predicted octanol–water partition coefficient (Wildman–Crippen LogP) is -1.17. The first-order chi connectivity index (χ1) is 6.69. The van der Waals surface area contributed by atoms with Gasteiger partial charge in [0.15, 0.2) is 0 Å². The minimum Gasteiger partial charge on any atom is -0.394 e. The Balaban J connectivity index is 4.01. The first-order valence-electron chi connectivity index (χ1n) is 4.91. The van der Waals surface area contributed by atoms with Crippen LogP contribution in [0.4, 0.5) is 0 Å². The fourth-order valence-corrected chi connectivity index (χ4v) is 1.17. The second-order valence-corrected chi connectivity index (χ2v) is 3.29. The van der Waals surface area contributed by atoms with Gasteiger partial charge in [-0.25, -0.2) is 0 Å². The lowest BCUT2D eigenvalue weighted by atomic mass is 10.0. The summed E-state index contributed by atoms with van der Waals surface area (Å²) in [5, 5.41) is 20.0. The molecule has 0 radical (unpaired) electrons. The van der Waals surface area contributed by atoms with E-state index in [0.717, 1.165) is 12.8 Å². The van der Waals surface area contributed by atoms with E-state index in [1.165, 1.54) is 0 Å². The molecule has 14 heavy (non-hydrogen) atoms. The van der Waals surface area contributed by atoms with Crippen molar-refractivity contribution in [3.05, 3.63) is 0 Å². The number of rotatable bonds is 7. The number of nitrogens with two attached hydrogens (primary N) is 1. The zero-order valence-corrected chi connectivity index (χ0v) is 8.57. The van der Waals surface area contributed by atoms with Crippen molar-refractivity contribution >= 4 is 5.91 Å². The van der Waals surface area contributed by atoms with Crippen molar-refractivity contribution in [1.29, 1.82) is 0 Å². The van der Waals surface area contributed by atoms with Crippen LogP contribution in [0.2, 0.25) is 0 Å². The van der Waals surface area contributed by atoms with Crippen LogP contribution >= 0.6 is 0 Å². The molecule has 0 aliphatic heterocycles. The molecule has 0 fully saturated rings. The molecular formula is C9H20N2O3. The van der Waals surface area contributed by atoms with Crippen LogP contribution in [-0.2, 0) is 4.79 Å². The van der Waals surface area contributed by atoms with Crippen LogP contribution in [0.15, 0.2) is 0 Å². The van der Waals surface area contributed by atoms with Gasteiger partial charge in [0.1, 0.15) is 0 Å². The molecular weight excluding hydrogens is 184 g/mol. The molecule has 0 saturated carbocycles. The summed E-state index contributed by atoms with van der Waals surface area (Å²) in [6.45, 7) is 1.76. The van der Waals surface area contributed by atoms with Crippen LogP contribution < -0.4 is 11.1 Å². The number of aliphatic hydroxyl groups is 2. The number of carbonyl (C=O) groups excluding carboxylic acids is 1. The lowest BCUT2D eigenvalue weighted by molar-refractivity contribution is -0.126. The van der Waals surface area contributed by atoms with Crippen molar-refractivity contribution in [2.75, 3.05) is 19.8 Å². The third kappa shape index (κ3) is 4.55. The van der Waals surface area contributed by atoms with Crippen LogP contribution in [-0.4, -0.2) is 41.9 Å². The van der Waals surface area contributed by atoms with Gasteiger partial charge in [0, 0.05) is 6.54 Å². The summed E-state index contributed by atoms with van der Waals surface area (Å²) >= 11 is 0. The van der Waals surface area contributed by atoms with Gasteiger partial charge in [-0.15, -0.1) is 0 Å². The van der Waals surface area contributed by atoms with Crippen molar-refractivity contribution in [3.8, 4) is 0 Å². The molecule has 0 aliphatic carbocycles. The zero-order chi connectivity index (χ0) is 11.0. The highest BCUT2D eigenvalue weighted by molar-refractivity contribution is 5.79. The molecule has 1 amide bonds. The minimum atomic E-state index is -0.576. The van der Waals surface area contributed by atoms with Crippen LogP contribution in [0.1, 0.15) is 19.8 Å². The van der Waals surface area contributed by atoms with Gasteiger partial charge in [-0.2, -0.15) is 0 Å². The molecule has 1 unspecified atom stereocenters. The minimum absolute atomic E-state index is 0.192. The lowest BCUT2D eigenvalue weighted by Crippen LogP contribution is -2.44. The third-order valence-corrected chi connectivity index (χ3v) is 2.08. The molecule has 0 aromatic carbocycles. The fraction of sp³-hybridized carbons (Fsp3) is 0.889. The molecule has 5 heteroatoms. The quantitative estimate of drug-likeness (QED) is 0.420. The summed E-state index contributed by atoms with van der Waals surface area (Å²) < 4.78 is 0. The standard InChI is InChI=1S/C9H20N2O3/c1-2-3-7(4-10)9(14)11-8(5-12)6-13/h7-8,12-13H,2-6,10H2,1H3,(H,11,14). The molecule has 0 saturated heterocycles. The Hall–Kier alpha value is -0.650. The summed E-state index contributed by atoms with van der Waals surface area (Å²) in [4.78, 5) is 11.5. The maximum atomic E-state index is 11.5. The topological polar surface area (TPSA) is 95.6 Å². The molecule has 0 heterocycles. The Morgan fingerprint density at radius 3 is 2.36 bits per heavy atom. The molecule has 0 bridgehead atoms. The third-order valence-electron chi connectivity index (χ3n) is 2.08. The lowest BCUT2D eigenvalue weighted by Gasteiger charge is -2.18. The first kappa shape index (κ1) is 13.4. The normalized spacial score (nSPS) is 12.9. The van der Waals surface area contributed by atoms with E-state index in [9.17, 15) is 4.79 Å². The van der Waals surface area contributed by atoms with Crippen molar-refractivity contribution in [2.45, 2.75) is 25.8 Å². The molecule has 0 aliphatic rings. The predicted molar refractivity (Wildman–Crippen MR) is 53.6 cm³/mol. The molecule has 5 N–H and O–H groups in total. The average Bonchev–Trinajstić information content (AvgIpc) is 2.22. The van der Waals surface area contributed by atoms with Crippen LogP contribution in [0.3, 0.4) is 0 Å². The molecule has 0 aromatic heterocycles. The number of hydrogen-bond donors (Lipinski definition) is 4. The molecule has 0 aromatic rings. The maximum absolute atomic E-state index is 11.5. The summed E-state index contributed by atoms with van der Waals surface area (Å²) in [7, 11) is 0. The molecule has 0 rings (SSSR count). The van der Waals surface area contributed by atoms with E-state index in [4.69, 9.17) is 15.9 Å². The molecule has 84 valence electrons. The van der Waals surface area contributed by atoms with Crippen LogP contribution in [0.25, 0.3) is 0 Å². The van der Waals surface area contributed by atoms with Crippen LogP contribution in [0.5, 0.6) is 0 Å². The van der Waals surface area contributed by atoms with Gasteiger partial charge < -0.3 is 21.3 Å². The highest BCUT2D eigenvalue weighted by atomic mass is 16.3. The second kappa shape index (κ2) is 7.73. The van der Waals surface area contributed by atoms with E-state index in [-0.39, 0.29) is 25.0 Å². The van der Waals surface area contributed by atoms with Crippen molar-refractivity contribution in [2.24, 2.45) is 11.7 Å². The van der Waals surface area contributed by atoms with Crippen molar-refractivity contribution < 1.29 is 15.0 Å². The van der Waals surface area contributed by atoms with Gasteiger partial charge in [0.05, 0.1) is 25.2 Å². The Morgan fingerprint density at radius 2 is 2.00 bits per heavy atom.